The summed E-state index contributed by atoms with van der Waals surface area (Å²) in [5.74, 6) is 1.43. The molecule has 2 aromatic carbocycles. The maximum Gasteiger partial charge on any atom is 0.258 e. The number of aryl methyl sites for hydroxylation is 2. The summed E-state index contributed by atoms with van der Waals surface area (Å²) in [6.07, 6.45) is 2.58. The molecule has 4 heteroatoms. The second kappa shape index (κ2) is 9.34. The van der Waals surface area contributed by atoms with Crippen molar-refractivity contribution in [3.63, 3.8) is 0 Å². The highest BCUT2D eigenvalue weighted by Gasteiger charge is 2.17. The first-order chi connectivity index (χ1) is 13.8. The molecule has 0 unspecified atom stereocenters. The number of nitrogens with one attached hydrogen (secondary N) is 1. The molecule has 1 fully saturated rings. The van der Waals surface area contributed by atoms with Crippen molar-refractivity contribution < 1.29 is 9.53 Å². The van der Waals surface area contributed by atoms with Crippen LogP contribution in [0.5, 0.6) is 5.75 Å². The Kier molecular flexibility index (Phi) is 6.83. The van der Waals surface area contributed by atoms with E-state index in [1.807, 2.05) is 26.8 Å². The first kappa shape index (κ1) is 21.2. The average molecular weight is 395 g/mol. The van der Waals surface area contributed by atoms with Crippen LogP contribution in [0.1, 0.15) is 55.0 Å². The number of anilines is 1. The summed E-state index contributed by atoms with van der Waals surface area (Å²) < 4.78 is 5.79. The van der Waals surface area contributed by atoms with E-state index < -0.39 is 0 Å². The molecule has 1 N–H and O–H groups in total. The largest absolute Gasteiger partial charge is 0.483 e. The van der Waals surface area contributed by atoms with Crippen molar-refractivity contribution in [2.45, 2.75) is 53.5 Å². The quantitative estimate of drug-likeness (QED) is 0.741. The summed E-state index contributed by atoms with van der Waals surface area (Å²) in [4.78, 5) is 14.8. The Balaban J connectivity index is 1.54. The number of hydrogen-bond donors (Lipinski definition) is 1. The summed E-state index contributed by atoms with van der Waals surface area (Å²) >= 11 is 0. The third-order valence-electron chi connectivity index (χ3n) is 5.92. The van der Waals surface area contributed by atoms with E-state index in [4.69, 9.17) is 4.74 Å². The maximum absolute atomic E-state index is 12.4. The minimum atomic E-state index is -0.106. The highest BCUT2D eigenvalue weighted by atomic mass is 16.5. The van der Waals surface area contributed by atoms with Gasteiger partial charge in [0.15, 0.2) is 6.61 Å². The Morgan fingerprint density at radius 3 is 2.62 bits per heavy atom. The van der Waals surface area contributed by atoms with Crippen LogP contribution in [-0.2, 0) is 4.79 Å². The van der Waals surface area contributed by atoms with Crippen molar-refractivity contribution in [3.8, 4) is 5.75 Å². The molecule has 0 radical (unpaired) electrons. The van der Waals surface area contributed by atoms with Gasteiger partial charge in [-0.1, -0.05) is 25.1 Å². The lowest BCUT2D eigenvalue weighted by Crippen LogP contribution is -2.34. The third kappa shape index (κ3) is 5.53. The molecule has 1 saturated heterocycles. The van der Waals surface area contributed by atoms with Crippen molar-refractivity contribution >= 4 is 11.6 Å². The van der Waals surface area contributed by atoms with Crippen LogP contribution in [0.4, 0.5) is 5.69 Å². The number of rotatable bonds is 6. The van der Waals surface area contributed by atoms with E-state index in [1.165, 1.54) is 24.1 Å². The van der Waals surface area contributed by atoms with Gasteiger partial charge in [-0.15, -0.1) is 0 Å². The number of carbonyl (C=O) groups is 1. The molecule has 29 heavy (non-hydrogen) atoms. The van der Waals surface area contributed by atoms with E-state index in [1.54, 1.807) is 0 Å². The van der Waals surface area contributed by atoms with Gasteiger partial charge in [0.1, 0.15) is 5.75 Å². The molecule has 0 saturated carbocycles. The third-order valence-corrected chi connectivity index (χ3v) is 5.92. The minimum Gasteiger partial charge on any atom is -0.483 e. The SMILES string of the molecule is Cc1cc(C)c(C)c(OCC(=O)N[C@@H](C)c2ccc(N3CCC[C@@H](C)C3)cc2)c1. The number of benzene rings is 2. The van der Waals surface area contributed by atoms with Gasteiger partial charge in [0.2, 0.25) is 0 Å². The molecule has 1 aliphatic heterocycles. The van der Waals surface area contributed by atoms with Gasteiger partial charge in [-0.2, -0.15) is 0 Å². The number of ether oxygens (including phenoxy) is 1. The topological polar surface area (TPSA) is 41.6 Å². The molecular formula is C25H34N2O2. The fraction of sp³-hybridized carbons (Fsp3) is 0.480. The zero-order valence-corrected chi connectivity index (χ0v) is 18.4. The molecular weight excluding hydrogens is 360 g/mol. The number of hydrogen-bond acceptors (Lipinski definition) is 3. The summed E-state index contributed by atoms with van der Waals surface area (Å²) in [6, 6.07) is 12.6. The molecule has 3 rings (SSSR count). The normalized spacial score (nSPS) is 17.7. The van der Waals surface area contributed by atoms with E-state index in [0.717, 1.165) is 41.4 Å². The van der Waals surface area contributed by atoms with E-state index >= 15 is 0 Å². The summed E-state index contributed by atoms with van der Waals surface area (Å²) in [7, 11) is 0. The van der Waals surface area contributed by atoms with E-state index in [9.17, 15) is 4.79 Å². The Labute approximate surface area is 175 Å². The number of amides is 1. The molecule has 0 aliphatic carbocycles. The number of carbonyl (C=O) groups excluding carboxylic acids is 1. The second-order valence-corrected chi connectivity index (χ2v) is 8.57. The monoisotopic (exact) mass is 394 g/mol. The van der Waals surface area contributed by atoms with Crippen molar-refractivity contribution in [2.24, 2.45) is 5.92 Å². The van der Waals surface area contributed by atoms with Gasteiger partial charge < -0.3 is 15.0 Å². The van der Waals surface area contributed by atoms with Gasteiger partial charge in [-0.05, 0) is 86.9 Å². The van der Waals surface area contributed by atoms with Crippen LogP contribution in [0, 0.1) is 26.7 Å². The van der Waals surface area contributed by atoms with Gasteiger partial charge in [0, 0.05) is 18.8 Å². The van der Waals surface area contributed by atoms with Gasteiger partial charge in [0.05, 0.1) is 6.04 Å². The fourth-order valence-corrected chi connectivity index (χ4v) is 4.06. The number of nitrogens with zero attached hydrogens (tertiary/aromatic N) is 1. The van der Waals surface area contributed by atoms with E-state index in [-0.39, 0.29) is 18.6 Å². The molecule has 2 atom stereocenters. The Bertz CT molecular complexity index is 845. The van der Waals surface area contributed by atoms with Gasteiger partial charge in [-0.3, -0.25) is 4.79 Å². The zero-order chi connectivity index (χ0) is 21.0. The smallest absolute Gasteiger partial charge is 0.258 e. The summed E-state index contributed by atoms with van der Waals surface area (Å²) in [5.41, 5.74) is 5.78. The molecule has 1 heterocycles. The first-order valence-corrected chi connectivity index (χ1v) is 10.7. The van der Waals surface area contributed by atoms with Gasteiger partial charge in [0.25, 0.3) is 5.91 Å². The predicted octanol–water partition coefficient (Wildman–Crippen LogP) is 5.10. The summed E-state index contributed by atoms with van der Waals surface area (Å²) in [5, 5.41) is 3.04. The van der Waals surface area contributed by atoms with Crippen LogP contribution in [0.15, 0.2) is 36.4 Å². The van der Waals surface area contributed by atoms with Crippen LogP contribution < -0.4 is 15.0 Å². The lowest BCUT2D eigenvalue weighted by atomic mass is 9.99. The highest BCUT2D eigenvalue weighted by Crippen LogP contribution is 2.25. The van der Waals surface area contributed by atoms with E-state index in [0.29, 0.717) is 0 Å². The van der Waals surface area contributed by atoms with Crippen molar-refractivity contribution in [1.82, 2.24) is 5.32 Å². The summed E-state index contributed by atoms with van der Waals surface area (Å²) in [6.45, 7) is 12.7. The van der Waals surface area contributed by atoms with Crippen molar-refractivity contribution in [1.29, 1.82) is 0 Å². The number of piperidine rings is 1. The maximum atomic E-state index is 12.4. The van der Waals surface area contributed by atoms with Crippen LogP contribution >= 0.6 is 0 Å². The molecule has 156 valence electrons. The van der Waals surface area contributed by atoms with Crippen LogP contribution in [0.2, 0.25) is 0 Å². The average Bonchev–Trinajstić information content (AvgIpc) is 2.69. The van der Waals surface area contributed by atoms with Gasteiger partial charge in [-0.25, -0.2) is 0 Å². The highest BCUT2D eigenvalue weighted by molar-refractivity contribution is 5.78. The zero-order valence-electron chi connectivity index (χ0n) is 18.4. The lowest BCUT2D eigenvalue weighted by molar-refractivity contribution is -0.123. The molecule has 1 amide bonds. The van der Waals surface area contributed by atoms with Gasteiger partial charge >= 0.3 is 0 Å². The molecule has 0 bridgehead atoms. The molecule has 0 aromatic heterocycles. The van der Waals surface area contributed by atoms with Crippen LogP contribution in [-0.4, -0.2) is 25.6 Å². The van der Waals surface area contributed by atoms with E-state index in [2.05, 4.69) is 54.4 Å². The molecule has 2 aromatic rings. The minimum absolute atomic E-state index is 0.0256. The predicted molar refractivity (Wildman–Crippen MR) is 120 cm³/mol. The molecule has 0 spiro atoms. The Morgan fingerprint density at radius 1 is 1.21 bits per heavy atom. The Hall–Kier alpha value is -2.49. The van der Waals surface area contributed by atoms with Crippen LogP contribution in [0.3, 0.4) is 0 Å². The fourth-order valence-electron chi connectivity index (χ4n) is 4.06. The molecule has 4 nitrogen and oxygen atoms in total. The Morgan fingerprint density at radius 2 is 1.93 bits per heavy atom. The lowest BCUT2D eigenvalue weighted by Gasteiger charge is -2.33. The van der Waals surface area contributed by atoms with Crippen LogP contribution in [0.25, 0.3) is 0 Å². The first-order valence-electron chi connectivity index (χ1n) is 10.7. The van der Waals surface area contributed by atoms with Crippen molar-refractivity contribution in [2.75, 3.05) is 24.6 Å². The molecule has 1 aliphatic rings. The second-order valence-electron chi connectivity index (χ2n) is 8.57. The standard InChI is InChI=1S/C25H34N2O2/c1-17-7-6-12-27(15-17)23-10-8-22(9-11-23)21(5)26-25(28)16-29-24-14-18(2)13-19(3)20(24)4/h8-11,13-14,17,21H,6-7,12,15-16H2,1-5H3,(H,26,28)/t17-,21+/m1/s1. The van der Waals surface area contributed by atoms with Crippen molar-refractivity contribution in [3.05, 3.63) is 58.7 Å².